The minimum atomic E-state index is -4.47. The van der Waals surface area contributed by atoms with Crippen molar-refractivity contribution in [2.24, 2.45) is 0 Å². The van der Waals surface area contributed by atoms with Crippen molar-refractivity contribution in [3.8, 4) is 11.4 Å². The smallest absolute Gasteiger partial charge is 0.435 e. The van der Waals surface area contributed by atoms with Gasteiger partial charge in [0.1, 0.15) is 5.75 Å². The van der Waals surface area contributed by atoms with Gasteiger partial charge in [-0.1, -0.05) is 6.08 Å². The molecule has 128 valence electrons. The second kappa shape index (κ2) is 6.32. The highest BCUT2D eigenvalue weighted by atomic mass is 19.4. The Balaban J connectivity index is 2.07. The summed E-state index contributed by atoms with van der Waals surface area (Å²) in [7, 11) is 3.52. The molecule has 0 aliphatic carbocycles. The van der Waals surface area contributed by atoms with Crippen LogP contribution in [0.25, 0.3) is 11.3 Å². The van der Waals surface area contributed by atoms with Gasteiger partial charge in [0.15, 0.2) is 5.69 Å². The van der Waals surface area contributed by atoms with E-state index in [4.69, 9.17) is 4.74 Å². The van der Waals surface area contributed by atoms with Gasteiger partial charge in [-0.3, -0.25) is 0 Å². The Hall–Kier alpha value is -2.28. The highest BCUT2D eigenvalue weighted by Crippen LogP contribution is 2.33. The SMILES string of the molecule is COc1ccc(-n2nc(C(F)(F)F)cc2C2=CCN(C)CC2)cc1. The van der Waals surface area contributed by atoms with Crippen LogP contribution >= 0.6 is 0 Å². The summed E-state index contributed by atoms with van der Waals surface area (Å²) < 4.78 is 45.8. The lowest BCUT2D eigenvalue weighted by molar-refractivity contribution is -0.141. The van der Waals surface area contributed by atoms with Gasteiger partial charge < -0.3 is 9.64 Å². The van der Waals surface area contributed by atoms with Gasteiger partial charge in [-0.05, 0) is 49.4 Å². The molecule has 0 saturated carbocycles. The first-order chi connectivity index (χ1) is 11.4. The third kappa shape index (κ3) is 3.31. The molecular weight excluding hydrogens is 319 g/mol. The Morgan fingerprint density at radius 3 is 2.42 bits per heavy atom. The summed E-state index contributed by atoms with van der Waals surface area (Å²) in [4.78, 5) is 2.11. The van der Waals surface area contributed by atoms with Crippen LogP contribution in [0.1, 0.15) is 17.8 Å². The molecule has 2 aromatic rings. The molecule has 0 radical (unpaired) electrons. The number of alkyl halides is 3. The van der Waals surface area contributed by atoms with Crippen molar-refractivity contribution in [3.63, 3.8) is 0 Å². The topological polar surface area (TPSA) is 30.3 Å². The number of likely N-dealkylation sites (N-methyl/N-ethyl adjacent to an activating group) is 1. The summed E-state index contributed by atoms with van der Waals surface area (Å²) in [6.45, 7) is 1.52. The molecule has 1 aromatic carbocycles. The van der Waals surface area contributed by atoms with Crippen molar-refractivity contribution in [1.82, 2.24) is 14.7 Å². The molecule has 0 unspecified atom stereocenters. The first-order valence-corrected chi connectivity index (χ1v) is 7.58. The molecular formula is C17H18F3N3O. The van der Waals surface area contributed by atoms with Crippen molar-refractivity contribution >= 4 is 5.57 Å². The van der Waals surface area contributed by atoms with Crippen LogP contribution in [-0.2, 0) is 6.18 Å². The van der Waals surface area contributed by atoms with E-state index in [0.717, 1.165) is 18.2 Å². The largest absolute Gasteiger partial charge is 0.497 e. The highest BCUT2D eigenvalue weighted by Gasteiger charge is 2.35. The number of nitrogens with zero attached hydrogens (tertiary/aromatic N) is 3. The van der Waals surface area contributed by atoms with E-state index in [2.05, 4.69) is 10.00 Å². The molecule has 3 rings (SSSR count). The third-order valence-corrected chi connectivity index (χ3v) is 4.06. The van der Waals surface area contributed by atoms with E-state index in [1.54, 1.807) is 31.4 Å². The predicted molar refractivity (Wildman–Crippen MR) is 85.2 cm³/mol. The molecule has 4 nitrogen and oxygen atoms in total. The molecule has 2 heterocycles. The number of hydrogen-bond donors (Lipinski definition) is 0. The second-order valence-electron chi connectivity index (χ2n) is 5.76. The summed E-state index contributed by atoms with van der Waals surface area (Å²) in [6, 6.07) is 7.94. The van der Waals surface area contributed by atoms with E-state index < -0.39 is 11.9 Å². The predicted octanol–water partition coefficient (Wildman–Crippen LogP) is 3.62. The van der Waals surface area contributed by atoms with E-state index in [-0.39, 0.29) is 0 Å². The summed E-state index contributed by atoms with van der Waals surface area (Å²) in [5.74, 6) is 0.641. The fraction of sp³-hybridized carbons (Fsp3) is 0.353. The summed E-state index contributed by atoms with van der Waals surface area (Å²) in [6.07, 6.45) is -1.82. The average molecular weight is 337 g/mol. The molecule has 1 aliphatic rings. The Morgan fingerprint density at radius 2 is 1.88 bits per heavy atom. The van der Waals surface area contributed by atoms with Crippen molar-refractivity contribution in [2.75, 3.05) is 27.2 Å². The summed E-state index contributed by atoms with van der Waals surface area (Å²) in [5, 5.41) is 3.80. The fourth-order valence-corrected chi connectivity index (χ4v) is 2.67. The lowest BCUT2D eigenvalue weighted by atomic mass is 10.0. The monoisotopic (exact) mass is 337 g/mol. The van der Waals surface area contributed by atoms with Crippen molar-refractivity contribution < 1.29 is 17.9 Å². The Morgan fingerprint density at radius 1 is 1.17 bits per heavy atom. The molecule has 0 saturated heterocycles. The van der Waals surface area contributed by atoms with Gasteiger partial charge in [-0.2, -0.15) is 18.3 Å². The van der Waals surface area contributed by atoms with Crippen LogP contribution in [0, 0.1) is 0 Å². The van der Waals surface area contributed by atoms with Crippen LogP contribution in [0.4, 0.5) is 13.2 Å². The average Bonchev–Trinajstić information content (AvgIpc) is 3.01. The van der Waals surface area contributed by atoms with Gasteiger partial charge in [-0.25, -0.2) is 4.68 Å². The number of ether oxygens (including phenoxy) is 1. The van der Waals surface area contributed by atoms with Gasteiger partial charge in [0, 0.05) is 13.1 Å². The zero-order chi connectivity index (χ0) is 17.3. The van der Waals surface area contributed by atoms with Crippen molar-refractivity contribution in [3.05, 3.63) is 47.8 Å². The second-order valence-corrected chi connectivity index (χ2v) is 5.76. The zero-order valence-corrected chi connectivity index (χ0v) is 13.5. The standard InChI is InChI=1S/C17H18F3N3O/c1-22-9-7-12(8-10-22)15-11-16(17(18,19)20)21-23(15)13-3-5-14(24-2)6-4-13/h3-7,11H,8-10H2,1-2H3. The first-order valence-electron chi connectivity index (χ1n) is 7.58. The molecule has 0 N–H and O–H groups in total. The summed E-state index contributed by atoms with van der Waals surface area (Å²) >= 11 is 0. The molecule has 0 atom stereocenters. The first kappa shape index (κ1) is 16.6. The maximum Gasteiger partial charge on any atom is 0.435 e. The van der Waals surface area contributed by atoms with Gasteiger partial charge in [0.2, 0.25) is 0 Å². The van der Waals surface area contributed by atoms with Crippen LogP contribution in [0.3, 0.4) is 0 Å². The molecule has 24 heavy (non-hydrogen) atoms. The van der Waals surface area contributed by atoms with Crippen LogP contribution in [0.15, 0.2) is 36.4 Å². The lowest BCUT2D eigenvalue weighted by Crippen LogP contribution is -2.24. The van der Waals surface area contributed by atoms with Crippen LogP contribution in [0.5, 0.6) is 5.75 Å². The summed E-state index contributed by atoms with van der Waals surface area (Å²) in [5.41, 5.74) is 1.06. The number of halogens is 3. The van der Waals surface area contributed by atoms with Crippen LogP contribution in [0.2, 0.25) is 0 Å². The number of methoxy groups -OCH3 is 1. The van der Waals surface area contributed by atoms with Crippen LogP contribution < -0.4 is 4.74 Å². The van der Waals surface area contributed by atoms with E-state index in [1.165, 1.54) is 4.68 Å². The molecule has 0 bridgehead atoms. The number of benzene rings is 1. The van der Waals surface area contributed by atoms with Gasteiger partial charge >= 0.3 is 6.18 Å². The minimum absolute atomic E-state index is 0.487. The minimum Gasteiger partial charge on any atom is -0.497 e. The fourth-order valence-electron chi connectivity index (χ4n) is 2.67. The van der Waals surface area contributed by atoms with Crippen molar-refractivity contribution in [2.45, 2.75) is 12.6 Å². The molecule has 0 spiro atoms. The molecule has 1 aliphatic heterocycles. The maximum absolute atomic E-state index is 13.1. The van der Waals surface area contributed by atoms with E-state index >= 15 is 0 Å². The molecule has 7 heteroatoms. The van der Waals surface area contributed by atoms with Gasteiger partial charge in [0.05, 0.1) is 18.5 Å². The highest BCUT2D eigenvalue weighted by molar-refractivity contribution is 5.66. The third-order valence-electron chi connectivity index (χ3n) is 4.06. The quantitative estimate of drug-likeness (QED) is 0.857. The van der Waals surface area contributed by atoms with E-state index in [0.29, 0.717) is 30.1 Å². The van der Waals surface area contributed by atoms with Gasteiger partial charge in [-0.15, -0.1) is 0 Å². The molecule has 1 aromatic heterocycles. The van der Waals surface area contributed by atoms with E-state index in [1.807, 2.05) is 13.1 Å². The molecule has 0 fully saturated rings. The van der Waals surface area contributed by atoms with Gasteiger partial charge in [0.25, 0.3) is 0 Å². The number of aromatic nitrogens is 2. The lowest BCUT2D eigenvalue weighted by Gasteiger charge is -2.22. The van der Waals surface area contributed by atoms with Crippen LogP contribution in [-0.4, -0.2) is 41.9 Å². The maximum atomic E-state index is 13.1. The van der Waals surface area contributed by atoms with E-state index in [9.17, 15) is 13.2 Å². The van der Waals surface area contributed by atoms with Crippen molar-refractivity contribution in [1.29, 1.82) is 0 Å². The number of hydrogen-bond acceptors (Lipinski definition) is 3. The molecule has 0 amide bonds. The Labute approximate surface area is 138 Å². The zero-order valence-electron chi connectivity index (χ0n) is 13.5. The normalized spacial score (nSPS) is 16.1. The Bertz CT molecular complexity index is 747. The number of rotatable bonds is 3. The Kier molecular flexibility index (Phi) is 4.36.